The molecule has 88 valence electrons. The third kappa shape index (κ3) is 3.55. The maximum atomic E-state index is 8.94. The number of aryl methyl sites for hydroxylation is 2. The van der Waals surface area contributed by atoms with Crippen LogP contribution >= 0.6 is 11.6 Å². The number of aliphatic hydroxyl groups excluding tert-OH is 1. The van der Waals surface area contributed by atoms with E-state index in [1.807, 2.05) is 36.4 Å². The molecule has 1 aromatic heterocycles. The average Bonchev–Trinajstić information content (AvgIpc) is 2.39. The second kappa shape index (κ2) is 5.80. The summed E-state index contributed by atoms with van der Waals surface area (Å²) in [4.78, 5) is 4.26. The summed E-state index contributed by atoms with van der Waals surface area (Å²) >= 11 is 5.78. The van der Waals surface area contributed by atoms with Crippen molar-refractivity contribution in [3.63, 3.8) is 0 Å². The van der Waals surface area contributed by atoms with Gasteiger partial charge in [-0.25, -0.2) is 0 Å². The van der Waals surface area contributed by atoms with Crippen molar-refractivity contribution in [1.82, 2.24) is 4.98 Å². The molecule has 0 radical (unpaired) electrons. The van der Waals surface area contributed by atoms with Gasteiger partial charge in [0.2, 0.25) is 0 Å². The SMILES string of the molecule is OCc1ccc(CCc2ccc(Cl)cn2)cc1. The van der Waals surface area contributed by atoms with Gasteiger partial charge < -0.3 is 5.11 Å². The Morgan fingerprint density at radius 2 is 1.65 bits per heavy atom. The molecular formula is C14H14ClNO. The molecule has 0 atom stereocenters. The van der Waals surface area contributed by atoms with Crippen molar-refractivity contribution in [2.45, 2.75) is 19.4 Å². The van der Waals surface area contributed by atoms with Gasteiger partial charge >= 0.3 is 0 Å². The Bertz CT molecular complexity index is 465. The van der Waals surface area contributed by atoms with Crippen LogP contribution in [0.4, 0.5) is 0 Å². The molecule has 0 fully saturated rings. The van der Waals surface area contributed by atoms with Gasteiger partial charge in [0.15, 0.2) is 0 Å². The standard InChI is InChI=1S/C14H14ClNO/c15-13-6-8-14(16-9-13)7-5-11-1-3-12(10-17)4-2-11/h1-4,6,8-9,17H,5,7,10H2. The first-order valence-electron chi connectivity index (χ1n) is 5.57. The van der Waals surface area contributed by atoms with Crippen molar-refractivity contribution < 1.29 is 5.11 Å². The van der Waals surface area contributed by atoms with Gasteiger partial charge in [-0.1, -0.05) is 35.9 Å². The van der Waals surface area contributed by atoms with Gasteiger partial charge in [0.05, 0.1) is 11.6 Å². The summed E-state index contributed by atoms with van der Waals surface area (Å²) in [6, 6.07) is 11.8. The van der Waals surface area contributed by atoms with Crippen molar-refractivity contribution in [2.24, 2.45) is 0 Å². The first-order chi connectivity index (χ1) is 8.28. The minimum atomic E-state index is 0.0962. The minimum Gasteiger partial charge on any atom is -0.392 e. The molecule has 2 nitrogen and oxygen atoms in total. The van der Waals surface area contributed by atoms with E-state index in [0.717, 1.165) is 24.1 Å². The van der Waals surface area contributed by atoms with Crippen LogP contribution < -0.4 is 0 Å². The summed E-state index contributed by atoms with van der Waals surface area (Å²) in [5, 5.41) is 9.61. The maximum absolute atomic E-state index is 8.94. The molecule has 17 heavy (non-hydrogen) atoms. The fourth-order valence-electron chi connectivity index (χ4n) is 1.64. The van der Waals surface area contributed by atoms with Crippen molar-refractivity contribution in [2.75, 3.05) is 0 Å². The molecule has 1 aromatic carbocycles. The Hall–Kier alpha value is -1.38. The van der Waals surface area contributed by atoms with Gasteiger partial charge in [0, 0.05) is 11.9 Å². The summed E-state index contributed by atoms with van der Waals surface area (Å²) in [6.07, 6.45) is 3.52. The predicted octanol–water partition coefficient (Wildman–Crippen LogP) is 3.01. The number of aliphatic hydroxyl groups is 1. The molecule has 0 saturated heterocycles. The lowest BCUT2D eigenvalue weighted by Gasteiger charge is -2.03. The Labute approximate surface area is 106 Å². The van der Waals surface area contributed by atoms with Crippen LogP contribution in [0.1, 0.15) is 16.8 Å². The summed E-state index contributed by atoms with van der Waals surface area (Å²) in [5.74, 6) is 0. The van der Waals surface area contributed by atoms with E-state index in [0.29, 0.717) is 5.02 Å². The molecule has 0 unspecified atom stereocenters. The lowest BCUT2D eigenvalue weighted by molar-refractivity contribution is 0.282. The van der Waals surface area contributed by atoms with Crippen molar-refractivity contribution >= 4 is 11.6 Å². The van der Waals surface area contributed by atoms with E-state index in [-0.39, 0.29) is 6.61 Å². The number of hydrogen-bond acceptors (Lipinski definition) is 2. The van der Waals surface area contributed by atoms with Crippen molar-refractivity contribution in [3.8, 4) is 0 Å². The zero-order valence-corrected chi connectivity index (χ0v) is 10.2. The topological polar surface area (TPSA) is 33.1 Å². The molecular weight excluding hydrogens is 234 g/mol. The summed E-state index contributed by atoms with van der Waals surface area (Å²) in [5.41, 5.74) is 3.23. The normalized spacial score (nSPS) is 10.5. The monoisotopic (exact) mass is 247 g/mol. The number of hydrogen-bond donors (Lipinski definition) is 1. The number of aromatic nitrogens is 1. The lowest BCUT2D eigenvalue weighted by Crippen LogP contribution is -1.94. The first kappa shape index (κ1) is 12.1. The van der Waals surface area contributed by atoms with Crippen LogP contribution in [0.5, 0.6) is 0 Å². The molecule has 2 aromatic rings. The van der Waals surface area contributed by atoms with Crippen LogP contribution in [0.3, 0.4) is 0 Å². The molecule has 3 heteroatoms. The first-order valence-corrected chi connectivity index (χ1v) is 5.95. The third-order valence-corrected chi connectivity index (χ3v) is 2.89. The zero-order valence-electron chi connectivity index (χ0n) is 9.44. The molecule has 1 heterocycles. The fourth-order valence-corrected chi connectivity index (χ4v) is 1.75. The Balaban J connectivity index is 1.95. The second-order valence-electron chi connectivity index (χ2n) is 3.94. The van der Waals surface area contributed by atoms with Gasteiger partial charge in [-0.05, 0) is 36.1 Å². The minimum absolute atomic E-state index is 0.0962. The number of benzene rings is 1. The number of rotatable bonds is 4. The Morgan fingerprint density at radius 3 is 2.24 bits per heavy atom. The van der Waals surface area contributed by atoms with E-state index in [4.69, 9.17) is 16.7 Å². The van der Waals surface area contributed by atoms with E-state index in [1.165, 1.54) is 5.56 Å². The van der Waals surface area contributed by atoms with E-state index < -0.39 is 0 Å². The number of nitrogens with zero attached hydrogens (tertiary/aromatic N) is 1. The summed E-state index contributed by atoms with van der Waals surface area (Å²) in [6.45, 7) is 0.0962. The Kier molecular flexibility index (Phi) is 4.13. The van der Waals surface area contributed by atoms with Crippen molar-refractivity contribution in [3.05, 3.63) is 64.4 Å². The average molecular weight is 248 g/mol. The molecule has 1 N–H and O–H groups in total. The van der Waals surface area contributed by atoms with Crippen LogP contribution in [0, 0.1) is 0 Å². The highest BCUT2D eigenvalue weighted by Crippen LogP contribution is 2.10. The van der Waals surface area contributed by atoms with Gasteiger partial charge in [-0.2, -0.15) is 0 Å². The fraction of sp³-hybridized carbons (Fsp3) is 0.214. The van der Waals surface area contributed by atoms with E-state index in [1.54, 1.807) is 6.20 Å². The molecule has 0 saturated carbocycles. The molecule has 0 amide bonds. The van der Waals surface area contributed by atoms with Crippen molar-refractivity contribution in [1.29, 1.82) is 0 Å². The largest absolute Gasteiger partial charge is 0.392 e. The van der Waals surface area contributed by atoms with Crippen LogP contribution in [0.15, 0.2) is 42.6 Å². The molecule has 2 rings (SSSR count). The van der Waals surface area contributed by atoms with Gasteiger partial charge in [-0.15, -0.1) is 0 Å². The van der Waals surface area contributed by atoms with Crippen LogP contribution in [-0.4, -0.2) is 10.1 Å². The van der Waals surface area contributed by atoms with Crippen LogP contribution in [0.2, 0.25) is 5.02 Å². The molecule has 0 aliphatic carbocycles. The smallest absolute Gasteiger partial charge is 0.0681 e. The molecule has 0 bridgehead atoms. The quantitative estimate of drug-likeness (QED) is 0.901. The third-order valence-electron chi connectivity index (χ3n) is 2.66. The van der Waals surface area contributed by atoms with Gasteiger partial charge in [-0.3, -0.25) is 4.98 Å². The zero-order chi connectivity index (χ0) is 12.1. The summed E-state index contributed by atoms with van der Waals surface area (Å²) < 4.78 is 0. The van der Waals surface area contributed by atoms with E-state index in [2.05, 4.69) is 4.98 Å². The second-order valence-corrected chi connectivity index (χ2v) is 4.38. The highest BCUT2D eigenvalue weighted by atomic mass is 35.5. The Morgan fingerprint density at radius 1 is 0.941 bits per heavy atom. The summed E-state index contributed by atoms with van der Waals surface area (Å²) in [7, 11) is 0. The van der Waals surface area contributed by atoms with Crippen LogP contribution in [-0.2, 0) is 19.4 Å². The van der Waals surface area contributed by atoms with E-state index >= 15 is 0 Å². The van der Waals surface area contributed by atoms with Crippen LogP contribution in [0.25, 0.3) is 0 Å². The molecule has 0 aliphatic rings. The number of pyridine rings is 1. The van der Waals surface area contributed by atoms with Gasteiger partial charge in [0.25, 0.3) is 0 Å². The molecule has 0 spiro atoms. The van der Waals surface area contributed by atoms with Gasteiger partial charge in [0.1, 0.15) is 0 Å². The highest BCUT2D eigenvalue weighted by Gasteiger charge is 1.98. The predicted molar refractivity (Wildman–Crippen MR) is 69.0 cm³/mol. The van der Waals surface area contributed by atoms with E-state index in [9.17, 15) is 0 Å². The molecule has 0 aliphatic heterocycles. The lowest BCUT2D eigenvalue weighted by atomic mass is 10.1. The number of halogens is 1. The highest BCUT2D eigenvalue weighted by molar-refractivity contribution is 6.30. The maximum Gasteiger partial charge on any atom is 0.0681 e.